The van der Waals surface area contributed by atoms with Crippen molar-refractivity contribution in [2.24, 2.45) is 0 Å². The van der Waals surface area contributed by atoms with E-state index in [1.807, 2.05) is 24.5 Å². The second-order valence-electron chi connectivity index (χ2n) is 3.15. The minimum atomic E-state index is 0. The Kier molecular flexibility index (Phi) is 4.43. The van der Waals surface area contributed by atoms with Crippen LogP contribution in [-0.4, -0.2) is 4.98 Å². The van der Waals surface area contributed by atoms with Crippen LogP contribution in [0.2, 0.25) is 0 Å². The molecule has 2 aromatic heterocycles. The predicted molar refractivity (Wildman–Crippen MR) is 55.5 cm³/mol. The van der Waals surface area contributed by atoms with E-state index in [4.69, 9.17) is 0 Å². The molecular formula is C12H13BrN2. The number of pyridine rings is 2. The van der Waals surface area contributed by atoms with E-state index in [2.05, 4.69) is 41.0 Å². The Labute approximate surface area is 100 Å². The van der Waals surface area contributed by atoms with Gasteiger partial charge < -0.3 is 17.0 Å². The molecule has 2 heterocycles. The average Bonchev–Trinajstić information content (AvgIpc) is 2.30. The Bertz CT molecular complexity index is 398. The molecule has 0 aliphatic rings. The molecule has 0 spiro atoms. The van der Waals surface area contributed by atoms with Crippen LogP contribution < -0.4 is 21.5 Å². The highest BCUT2D eigenvalue weighted by Gasteiger charge is 1.99. The third-order valence-electron chi connectivity index (χ3n) is 2.27. The standard InChI is InChI=1S/C12H13N2.BrH/c1-2-14-9-5-12(6-10-14)11-3-7-13-8-4-11;/h3-10H,2H2,1H3;1H/q+1;/p-1. The van der Waals surface area contributed by atoms with Crippen LogP contribution in [0.15, 0.2) is 49.1 Å². The van der Waals surface area contributed by atoms with Crippen LogP contribution in [0.5, 0.6) is 0 Å². The van der Waals surface area contributed by atoms with Crippen molar-refractivity contribution in [3.63, 3.8) is 0 Å². The maximum Gasteiger partial charge on any atom is 0.169 e. The number of nitrogens with zero attached hydrogens (tertiary/aromatic N) is 2. The van der Waals surface area contributed by atoms with Crippen molar-refractivity contribution in [2.45, 2.75) is 13.5 Å². The topological polar surface area (TPSA) is 16.8 Å². The molecule has 2 rings (SSSR count). The van der Waals surface area contributed by atoms with Crippen LogP contribution in [0.3, 0.4) is 0 Å². The molecule has 0 N–H and O–H groups in total. The summed E-state index contributed by atoms with van der Waals surface area (Å²) in [5.74, 6) is 0. The van der Waals surface area contributed by atoms with Crippen LogP contribution in [-0.2, 0) is 6.54 Å². The SMILES string of the molecule is CC[n+]1ccc(-c2ccncc2)cc1.[Br-]. The molecule has 2 nitrogen and oxygen atoms in total. The molecule has 0 atom stereocenters. The minimum Gasteiger partial charge on any atom is -1.00 e. The lowest BCUT2D eigenvalue weighted by Gasteiger charge is -1.98. The van der Waals surface area contributed by atoms with E-state index < -0.39 is 0 Å². The van der Waals surface area contributed by atoms with Crippen molar-refractivity contribution >= 4 is 0 Å². The fourth-order valence-corrected chi connectivity index (χ4v) is 1.40. The van der Waals surface area contributed by atoms with Gasteiger partial charge in [0.05, 0.1) is 0 Å². The van der Waals surface area contributed by atoms with Crippen molar-refractivity contribution in [2.75, 3.05) is 0 Å². The molecule has 0 fully saturated rings. The summed E-state index contributed by atoms with van der Waals surface area (Å²) in [6.45, 7) is 3.14. The van der Waals surface area contributed by atoms with Crippen LogP contribution in [0.1, 0.15) is 6.92 Å². The van der Waals surface area contributed by atoms with Crippen molar-refractivity contribution < 1.29 is 21.5 Å². The molecule has 0 radical (unpaired) electrons. The smallest absolute Gasteiger partial charge is 0.169 e. The molecule has 0 amide bonds. The summed E-state index contributed by atoms with van der Waals surface area (Å²) in [6, 6.07) is 8.29. The molecule has 3 heteroatoms. The monoisotopic (exact) mass is 264 g/mol. The van der Waals surface area contributed by atoms with Gasteiger partial charge in [-0.05, 0) is 30.2 Å². The van der Waals surface area contributed by atoms with Gasteiger partial charge in [0.1, 0.15) is 6.54 Å². The summed E-state index contributed by atoms with van der Waals surface area (Å²) in [7, 11) is 0. The Morgan fingerprint density at radius 3 is 2.07 bits per heavy atom. The van der Waals surface area contributed by atoms with Gasteiger partial charge in [0, 0.05) is 24.5 Å². The van der Waals surface area contributed by atoms with Crippen molar-refractivity contribution in [1.82, 2.24) is 4.98 Å². The Morgan fingerprint density at radius 2 is 1.53 bits per heavy atom. The molecule has 0 aliphatic carbocycles. The van der Waals surface area contributed by atoms with Gasteiger partial charge in [-0.3, -0.25) is 4.98 Å². The predicted octanol–water partition coefficient (Wildman–Crippen LogP) is -0.940. The molecule has 2 aromatic rings. The number of halogens is 1. The van der Waals surface area contributed by atoms with E-state index in [0.29, 0.717) is 0 Å². The molecule has 0 aliphatic heterocycles. The van der Waals surface area contributed by atoms with Crippen molar-refractivity contribution in [1.29, 1.82) is 0 Å². The number of hydrogen-bond donors (Lipinski definition) is 0. The summed E-state index contributed by atoms with van der Waals surface area (Å²) >= 11 is 0. The van der Waals surface area contributed by atoms with Gasteiger partial charge in [-0.1, -0.05) is 0 Å². The third kappa shape index (κ3) is 2.86. The van der Waals surface area contributed by atoms with Crippen molar-refractivity contribution in [3.8, 4) is 11.1 Å². The van der Waals surface area contributed by atoms with E-state index in [1.165, 1.54) is 11.1 Å². The lowest BCUT2D eigenvalue weighted by molar-refractivity contribution is -0.693. The first kappa shape index (κ1) is 11.9. The molecule has 0 aromatic carbocycles. The number of aromatic nitrogens is 2. The van der Waals surface area contributed by atoms with E-state index in [-0.39, 0.29) is 17.0 Å². The molecule has 0 saturated heterocycles. The quantitative estimate of drug-likeness (QED) is 0.640. The van der Waals surface area contributed by atoms with Gasteiger partial charge in [-0.15, -0.1) is 0 Å². The van der Waals surface area contributed by atoms with Gasteiger partial charge in [0.25, 0.3) is 0 Å². The maximum absolute atomic E-state index is 4.00. The molecule has 0 unspecified atom stereocenters. The van der Waals surface area contributed by atoms with E-state index >= 15 is 0 Å². The molecular weight excluding hydrogens is 252 g/mol. The van der Waals surface area contributed by atoms with Gasteiger partial charge in [-0.25, -0.2) is 4.57 Å². The first-order valence-electron chi connectivity index (χ1n) is 4.79. The van der Waals surface area contributed by atoms with Crippen molar-refractivity contribution in [3.05, 3.63) is 49.1 Å². The van der Waals surface area contributed by atoms with E-state index in [0.717, 1.165) is 6.54 Å². The zero-order chi connectivity index (χ0) is 9.80. The second-order valence-corrected chi connectivity index (χ2v) is 3.15. The highest BCUT2D eigenvalue weighted by molar-refractivity contribution is 5.61. The van der Waals surface area contributed by atoms with Gasteiger partial charge in [0.15, 0.2) is 12.4 Å². The van der Waals surface area contributed by atoms with Crippen LogP contribution in [0, 0.1) is 0 Å². The molecule has 0 bridgehead atoms. The Morgan fingerprint density at radius 1 is 1.00 bits per heavy atom. The first-order chi connectivity index (χ1) is 6.90. The minimum absolute atomic E-state index is 0. The summed E-state index contributed by atoms with van der Waals surface area (Å²) in [5, 5.41) is 0. The summed E-state index contributed by atoms with van der Waals surface area (Å²) < 4.78 is 2.14. The summed E-state index contributed by atoms with van der Waals surface area (Å²) in [4.78, 5) is 4.00. The zero-order valence-electron chi connectivity index (χ0n) is 8.60. The number of rotatable bonds is 2. The number of aryl methyl sites for hydroxylation is 1. The fraction of sp³-hybridized carbons (Fsp3) is 0.167. The highest BCUT2D eigenvalue weighted by Crippen LogP contribution is 2.15. The van der Waals surface area contributed by atoms with Gasteiger partial charge in [0.2, 0.25) is 0 Å². The normalized spacial score (nSPS) is 9.40. The lowest BCUT2D eigenvalue weighted by Crippen LogP contribution is -3.00. The summed E-state index contributed by atoms with van der Waals surface area (Å²) in [6.07, 6.45) is 7.82. The largest absolute Gasteiger partial charge is 1.00 e. The van der Waals surface area contributed by atoms with Gasteiger partial charge >= 0.3 is 0 Å². The Balaban J connectivity index is 0.00000112. The van der Waals surface area contributed by atoms with E-state index in [9.17, 15) is 0 Å². The molecule has 15 heavy (non-hydrogen) atoms. The lowest BCUT2D eigenvalue weighted by atomic mass is 10.1. The first-order valence-corrected chi connectivity index (χ1v) is 4.79. The number of hydrogen-bond acceptors (Lipinski definition) is 1. The maximum atomic E-state index is 4.00. The van der Waals surface area contributed by atoms with Gasteiger partial charge in [-0.2, -0.15) is 0 Å². The summed E-state index contributed by atoms with van der Waals surface area (Å²) in [5.41, 5.74) is 2.44. The van der Waals surface area contributed by atoms with Crippen LogP contribution >= 0.6 is 0 Å². The van der Waals surface area contributed by atoms with E-state index in [1.54, 1.807) is 0 Å². The molecule has 78 valence electrons. The van der Waals surface area contributed by atoms with Crippen LogP contribution in [0.4, 0.5) is 0 Å². The van der Waals surface area contributed by atoms with Crippen LogP contribution in [0.25, 0.3) is 11.1 Å². The average molecular weight is 265 g/mol. The fourth-order valence-electron chi connectivity index (χ4n) is 1.40. The molecule has 0 saturated carbocycles. The zero-order valence-corrected chi connectivity index (χ0v) is 10.2. The second kappa shape index (κ2) is 5.61. The third-order valence-corrected chi connectivity index (χ3v) is 2.27. The Hall–Kier alpha value is -1.22. The highest BCUT2D eigenvalue weighted by atomic mass is 79.9.